The fraction of sp³-hybridized carbons (Fsp3) is 0.286. The lowest BCUT2D eigenvalue weighted by Gasteiger charge is -2.14. The first-order valence-electron chi connectivity index (χ1n) is 6.48. The molecule has 0 amide bonds. The minimum atomic E-state index is -3.91. The molecular formula is C14H17FN2O3S. The number of aryl methyl sites for hydroxylation is 1. The van der Waals surface area contributed by atoms with E-state index >= 15 is 0 Å². The molecule has 0 saturated carbocycles. The van der Waals surface area contributed by atoms with Gasteiger partial charge in [0.2, 0.25) is 10.0 Å². The number of benzene rings is 1. The van der Waals surface area contributed by atoms with E-state index in [1.807, 2.05) is 6.07 Å². The summed E-state index contributed by atoms with van der Waals surface area (Å²) in [6.07, 6.45) is 2.71. The van der Waals surface area contributed by atoms with E-state index in [0.717, 1.165) is 17.9 Å². The molecule has 7 heteroatoms. The summed E-state index contributed by atoms with van der Waals surface area (Å²) in [6.45, 7) is 1.72. The number of hydrogen-bond donors (Lipinski definition) is 2. The Labute approximate surface area is 123 Å². The zero-order valence-corrected chi connectivity index (χ0v) is 12.4. The minimum Gasteiger partial charge on any atom is -0.469 e. The van der Waals surface area contributed by atoms with Crippen LogP contribution in [0.1, 0.15) is 19.1 Å². The van der Waals surface area contributed by atoms with Crippen LogP contribution in [0.2, 0.25) is 0 Å². The zero-order valence-electron chi connectivity index (χ0n) is 11.5. The molecule has 5 nitrogen and oxygen atoms in total. The molecule has 0 aliphatic heterocycles. The van der Waals surface area contributed by atoms with Gasteiger partial charge < -0.3 is 10.2 Å². The Hall–Kier alpha value is -1.86. The fourth-order valence-electron chi connectivity index (χ4n) is 1.94. The summed E-state index contributed by atoms with van der Waals surface area (Å²) in [6, 6.07) is 6.74. The zero-order chi connectivity index (χ0) is 15.5. The predicted molar refractivity (Wildman–Crippen MR) is 77.6 cm³/mol. The highest BCUT2D eigenvalue weighted by Crippen LogP contribution is 2.18. The standard InChI is InChI=1S/C14H17FN2O3S/c1-10(4-6-12-3-2-8-20-12)17-21(18,19)14-7-5-11(16)9-13(14)15/h2-3,5,7-10,17H,4,6,16H2,1H3. The highest BCUT2D eigenvalue weighted by molar-refractivity contribution is 7.89. The van der Waals surface area contributed by atoms with Gasteiger partial charge in [0.15, 0.2) is 0 Å². The lowest BCUT2D eigenvalue weighted by atomic mass is 10.2. The SMILES string of the molecule is CC(CCc1ccco1)NS(=O)(=O)c1ccc(N)cc1F. The second-order valence-corrected chi connectivity index (χ2v) is 6.51. The summed E-state index contributed by atoms with van der Waals surface area (Å²) in [5, 5.41) is 0. The van der Waals surface area contributed by atoms with Crippen molar-refractivity contribution in [3.05, 3.63) is 48.2 Å². The van der Waals surface area contributed by atoms with Crippen molar-refractivity contribution in [1.29, 1.82) is 0 Å². The van der Waals surface area contributed by atoms with Crippen LogP contribution >= 0.6 is 0 Å². The van der Waals surface area contributed by atoms with Crippen LogP contribution in [0.4, 0.5) is 10.1 Å². The van der Waals surface area contributed by atoms with Crippen LogP contribution < -0.4 is 10.5 Å². The molecule has 0 radical (unpaired) electrons. The second-order valence-electron chi connectivity index (χ2n) is 4.83. The molecule has 3 N–H and O–H groups in total. The van der Waals surface area contributed by atoms with Crippen molar-refractivity contribution in [2.45, 2.75) is 30.7 Å². The Morgan fingerprint density at radius 2 is 2.14 bits per heavy atom. The lowest BCUT2D eigenvalue weighted by molar-refractivity contribution is 0.479. The van der Waals surface area contributed by atoms with E-state index in [1.54, 1.807) is 19.3 Å². The Morgan fingerprint density at radius 3 is 2.76 bits per heavy atom. The Bertz CT molecular complexity index is 699. The van der Waals surface area contributed by atoms with Gasteiger partial charge in [-0.3, -0.25) is 0 Å². The topological polar surface area (TPSA) is 85.3 Å². The summed E-state index contributed by atoms with van der Waals surface area (Å²) in [5.41, 5.74) is 5.59. The Kier molecular flexibility index (Phi) is 4.64. The number of nitrogens with two attached hydrogens (primary N) is 1. The van der Waals surface area contributed by atoms with Gasteiger partial charge in [-0.25, -0.2) is 17.5 Å². The summed E-state index contributed by atoms with van der Waals surface area (Å²) < 4.78 is 45.6. The first kappa shape index (κ1) is 15.5. The van der Waals surface area contributed by atoms with E-state index in [0.29, 0.717) is 12.8 Å². The summed E-state index contributed by atoms with van der Waals surface area (Å²) in [5.74, 6) is -0.0829. The highest BCUT2D eigenvalue weighted by atomic mass is 32.2. The average molecular weight is 312 g/mol. The quantitative estimate of drug-likeness (QED) is 0.801. The number of halogens is 1. The first-order chi connectivity index (χ1) is 9.88. The summed E-state index contributed by atoms with van der Waals surface area (Å²) in [4.78, 5) is -0.401. The highest BCUT2D eigenvalue weighted by Gasteiger charge is 2.21. The molecule has 1 atom stereocenters. The molecule has 1 heterocycles. The van der Waals surface area contributed by atoms with Crippen LogP contribution in [-0.2, 0) is 16.4 Å². The number of hydrogen-bond acceptors (Lipinski definition) is 4. The largest absolute Gasteiger partial charge is 0.469 e. The van der Waals surface area contributed by atoms with Crippen LogP contribution in [-0.4, -0.2) is 14.5 Å². The van der Waals surface area contributed by atoms with E-state index in [4.69, 9.17) is 10.2 Å². The monoisotopic (exact) mass is 312 g/mol. The Balaban J connectivity index is 2.02. The third-order valence-electron chi connectivity index (χ3n) is 3.01. The first-order valence-corrected chi connectivity index (χ1v) is 7.96. The maximum absolute atomic E-state index is 13.7. The van der Waals surface area contributed by atoms with Gasteiger partial charge in [0.05, 0.1) is 6.26 Å². The van der Waals surface area contributed by atoms with Crippen LogP contribution in [0.5, 0.6) is 0 Å². The van der Waals surface area contributed by atoms with E-state index < -0.39 is 20.7 Å². The maximum Gasteiger partial charge on any atom is 0.243 e. The number of nitrogen functional groups attached to an aromatic ring is 1. The third kappa shape index (κ3) is 4.05. The Morgan fingerprint density at radius 1 is 1.38 bits per heavy atom. The molecule has 0 bridgehead atoms. The normalized spacial score (nSPS) is 13.2. The molecule has 2 aromatic rings. The molecule has 0 fully saturated rings. The van der Waals surface area contributed by atoms with Crippen molar-refractivity contribution in [2.75, 3.05) is 5.73 Å². The third-order valence-corrected chi connectivity index (χ3v) is 4.63. The molecule has 1 aromatic heterocycles. The van der Waals surface area contributed by atoms with Gasteiger partial charge in [0, 0.05) is 18.2 Å². The number of rotatable bonds is 6. The van der Waals surface area contributed by atoms with E-state index in [1.165, 1.54) is 6.07 Å². The molecule has 1 aromatic carbocycles. The number of furan rings is 1. The van der Waals surface area contributed by atoms with Crippen molar-refractivity contribution < 1.29 is 17.2 Å². The van der Waals surface area contributed by atoms with Gasteiger partial charge >= 0.3 is 0 Å². The summed E-state index contributed by atoms with van der Waals surface area (Å²) >= 11 is 0. The van der Waals surface area contributed by atoms with Crippen LogP contribution in [0.25, 0.3) is 0 Å². The van der Waals surface area contributed by atoms with E-state index in [2.05, 4.69) is 4.72 Å². The molecule has 21 heavy (non-hydrogen) atoms. The number of nitrogens with one attached hydrogen (secondary N) is 1. The average Bonchev–Trinajstić information content (AvgIpc) is 2.88. The molecule has 0 spiro atoms. The smallest absolute Gasteiger partial charge is 0.243 e. The van der Waals surface area contributed by atoms with Gasteiger partial charge in [-0.2, -0.15) is 0 Å². The van der Waals surface area contributed by atoms with Crippen molar-refractivity contribution in [3.63, 3.8) is 0 Å². The van der Waals surface area contributed by atoms with E-state index in [-0.39, 0.29) is 11.7 Å². The van der Waals surface area contributed by atoms with Crippen LogP contribution in [0, 0.1) is 5.82 Å². The van der Waals surface area contributed by atoms with Crippen LogP contribution in [0.3, 0.4) is 0 Å². The second kappa shape index (κ2) is 6.28. The van der Waals surface area contributed by atoms with Gasteiger partial charge in [-0.1, -0.05) is 0 Å². The molecular weight excluding hydrogens is 295 g/mol. The van der Waals surface area contributed by atoms with Crippen molar-refractivity contribution >= 4 is 15.7 Å². The molecule has 2 rings (SSSR count). The predicted octanol–water partition coefficient (Wildman–Crippen LogP) is 2.30. The van der Waals surface area contributed by atoms with Gasteiger partial charge in [-0.15, -0.1) is 0 Å². The number of anilines is 1. The van der Waals surface area contributed by atoms with Crippen molar-refractivity contribution in [2.24, 2.45) is 0 Å². The minimum absolute atomic E-state index is 0.178. The molecule has 0 saturated heterocycles. The number of sulfonamides is 1. The van der Waals surface area contributed by atoms with Gasteiger partial charge in [0.25, 0.3) is 0 Å². The van der Waals surface area contributed by atoms with Crippen molar-refractivity contribution in [3.8, 4) is 0 Å². The van der Waals surface area contributed by atoms with Crippen molar-refractivity contribution in [1.82, 2.24) is 4.72 Å². The fourth-order valence-corrected chi connectivity index (χ4v) is 3.27. The molecule has 0 aliphatic rings. The molecule has 1 unspecified atom stereocenters. The van der Waals surface area contributed by atoms with Gasteiger partial charge in [-0.05, 0) is 43.7 Å². The van der Waals surface area contributed by atoms with E-state index in [9.17, 15) is 12.8 Å². The summed E-state index contributed by atoms with van der Waals surface area (Å²) in [7, 11) is -3.91. The van der Waals surface area contributed by atoms with Crippen LogP contribution in [0.15, 0.2) is 45.9 Å². The molecule has 114 valence electrons. The van der Waals surface area contributed by atoms with Gasteiger partial charge in [0.1, 0.15) is 16.5 Å². The maximum atomic E-state index is 13.7. The molecule has 0 aliphatic carbocycles. The lowest BCUT2D eigenvalue weighted by Crippen LogP contribution is -2.33.